The smallest absolute Gasteiger partial charge is 0.746 e. The largest absolute Gasteiger partial charge is 1.00 e. The first-order valence-corrected chi connectivity index (χ1v) is 6.61. The van der Waals surface area contributed by atoms with Crippen LogP contribution in [0.3, 0.4) is 0 Å². The second-order valence-corrected chi connectivity index (χ2v) is 6.01. The molecule has 0 N–H and O–H groups in total. The third-order valence-corrected chi connectivity index (χ3v) is 3.49. The molecule has 0 radical (unpaired) electrons. The molecule has 0 bridgehead atoms. The molecule has 1 rings (SSSR count). The van der Waals surface area contributed by atoms with E-state index in [2.05, 4.69) is 0 Å². The van der Waals surface area contributed by atoms with E-state index in [9.17, 15) is 13.3 Å². The first kappa shape index (κ1) is 19.1. The Bertz CT molecular complexity index is 393. The minimum Gasteiger partial charge on any atom is -0.746 e. The first-order valence-electron chi connectivity index (χ1n) is 3.32. The Morgan fingerprint density at radius 1 is 1.20 bits per heavy atom. The van der Waals surface area contributed by atoms with E-state index in [1.165, 1.54) is 0 Å². The van der Waals surface area contributed by atoms with Crippen LogP contribution in [-0.2, 0) is 25.1 Å². The fourth-order valence-corrected chi connectivity index (χ4v) is 2.16. The van der Waals surface area contributed by atoms with Gasteiger partial charge in [-0.1, -0.05) is 23.7 Å². The van der Waals surface area contributed by atoms with Crippen molar-refractivity contribution in [1.29, 1.82) is 0 Å². The zero-order chi connectivity index (χ0) is 9.90. The molecule has 15 heavy (non-hydrogen) atoms. The van der Waals surface area contributed by atoms with Gasteiger partial charge >= 0.3 is 59.1 Å². The first-order chi connectivity index (χ1) is 5.97. The van der Waals surface area contributed by atoms with Crippen molar-refractivity contribution >= 4 is 31.0 Å². The summed E-state index contributed by atoms with van der Waals surface area (Å²) < 4.78 is 30.8. The average Bonchev–Trinajstić information content (AvgIpc) is 2.02. The molecule has 0 aromatic heterocycles. The average molecular weight is 284 g/mol. The molecule has 0 unspecified atom stereocenters. The Hall–Kier alpha value is 1.80. The van der Waals surface area contributed by atoms with Crippen LogP contribution in [-0.4, -0.2) is 13.3 Å². The summed E-state index contributed by atoms with van der Waals surface area (Å²) >= 11 is 5.61. The monoisotopic (exact) mass is 283 g/mol. The van der Waals surface area contributed by atoms with Gasteiger partial charge in [-0.25, -0.2) is 4.21 Å². The van der Waals surface area contributed by atoms with Gasteiger partial charge in [-0.3, -0.25) is 0 Å². The normalized spacial score (nSPS) is 9.80. The maximum Gasteiger partial charge on any atom is 1.00 e. The van der Waals surface area contributed by atoms with E-state index in [-0.39, 0.29) is 64.9 Å². The van der Waals surface area contributed by atoms with Gasteiger partial charge in [-0.2, -0.15) is 0 Å². The van der Waals surface area contributed by atoms with E-state index in [1.54, 1.807) is 24.3 Å². The van der Waals surface area contributed by atoms with Crippen molar-refractivity contribution < 1.29 is 72.4 Å². The molecule has 0 saturated carbocycles. The van der Waals surface area contributed by atoms with E-state index in [4.69, 9.17) is 11.6 Å². The quantitative estimate of drug-likeness (QED) is 0.405. The van der Waals surface area contributed by atoms with E-state index in [0.717, 1.165) is 5.56 Å². The molecule has 0 spiro atoms. The van der Waals surface area contributed by atoms with E-state index in [0.29, 0.717) is 15.3 Å². The fourth-order valence-electron chi connectivity index (χ4n) is 0.721. The molecule has 0 amide bonds. The predicted molar refractivity (Wildman–Crippen MR) is 52.2 cm³/mol. The molecule has 0 fully saturated rings. The van der Waals surface area contributed by atoms with Gasteiger partial charge in [0.1, 0.15) is 0 Å². The van der Waals surface area contributed by atoms with Gasteiger partial charge < -0.3 is 9.11 Å². The van der Waals surface area contributed by atoms with Crippen LogP contribution in [0.2, 0.25) is 5.02 Å². The van der Waals surface area contributed by atoms with E-state index in [1.807, 2.05) is 0 Å². The van der Waals surface area contributed by atoms with Gasteiger partial charge in [0.05, 0.1) is 9.05 Å². The van der Waals surface area contributed by atoms with Gasteiger partial charge in [-0.05, 0) is 12.1 Å². The molecule has 0 heterocycles. The zero-order valence-electron chi connectivity index (χ0n) is 8.44. The number of halogens is 1. The third-order valence-electron chi connectivity index (χ3n) is 1.28. The van der Waals surface area contributed by atoms with Crippen LogP contribution < -0.4 is 59.1 Å². The van der Waals surface area contributed by atoms with E-state index < -0.39 is 9.05 Å². The second kappa shape index (κ2) is 8.83. The molecule has 3 nitrogen and oxygen atoms in total. The Labute approximate surface area is 142 Å². The second-order valence-electron chi connectivity index (χ2n) is 2.30. The molecule has 0 atom stereocenters. The fraction of sp³-hybridized carbons (Fsp3) is 0.143. The van der Waals surface area contributed by atoms with Crippen LogP contribution >= 0.6 is 11.6 Å². The van der Waals surface area contributed by atoms with Gasteiger partial charge in [-0.15, -0.1) is 0 Å². The standard InChI is InChI=1S/C7H7ClO3S2.2Na/c8-7-3-1-6(2-4-7)5-12-13(9,10)11;;/h1-4H,5H2,(H-,9,10,11);;/q;2*+1/p-1. The van der Waals surface area contributed by atoms with Crippen molar-refractivity contribution in [2.75, 3.05) is 0 Å². The molecule has 1 aromatic carbocycles. The molecule has 72 valence electrons. The Morgan fingerprint density at radius 3 is 2.07 bits per heavy atom. The van der Waals surface area contributed by atoms with Gasteiger partial charge in [0.2, 0.25) is 16.1 Å². The molecule has 0 aliphatic rings. The summed E-state index contributed by atoms with van der Waals surface area (Å²) in [6.07, 6.45) is 0. The van der Waals surface area contributed by atoms with E-state index >= 15 is 0 Å². The molecule has 1 aromatic rings. The van der Waals surface area contributed by atoms with Crippen molar-refractivity contribution in [3.05, 3.63) is 34.9 Å². The van der Waals surface area contributed by atoms with Crippen LogP contribution in [0.5, 0.6) is 0 Å². The van der Waals surface area contributed by atoms with Gasteiger partial charge in [0, 0.05) is 10.6 Å². The Kier molecular flexibility index (Phi) is 11.3. The van der Waals surface area contributed by atoms with Gasteiger partial charge in [0.25, 0.3) is 0 Å². The summed E-state index contributed by atoms with van der Waals surface area (Å²) in [5.41, 5.74) is 0.758. The number of benzene rings is 1. The van der Waals surface area contributed by atoms with Crippen LogP contribution in [0.4, 0.5) is 0 Å². The molecule has 8 heteroatoms. The summed E-state index contributed by atoms with van der Waals surface area (Å²) in [6, 6.07) is 6.66. The number of hydrogen-bond acceptors (Lipinski definition) is 3. The van der Waals surface area contributed by atoms with Crippen LogP contribution in [0.1, 0.15) is 5.56 Å². The van der Waals surface area contributed by atoms with Crippen molar-refractivity contribution in [3.63, 3.8) is 0 Å². The Morgan fingerprint density at radius 2 is 1.67 bits per heavy atom. The van der Waals surface area contributed by atoms with Crippen LogP contribution in [0.25, 0.3) is 0 Å². The topological polar surface area (TPSA) is 63.2 Å². The maximum atomic E-state index is 10.3. The minimum atomic E-state index is -4.20. The summed E-state index contributed by atoms with van der Waals surface area (Å²) in [6.45, 7) is 0. The van der Waals surface area contributed by atoms with Crippen molar-refractivity contribution in [3.8, 4) is 0 Å². The molecular weight excluding hydrogens is 278 g/mol. The molecule has 0 aliphatic carbocycles. The third kappa shape index (κ3) is 9.50. The van der Waals surface area contributed by atoms with Gasteiger partial charge in [0.15, 0.2) is 0 Å². The number of hydrogen-bond donors (Lipinski definition) is 0. The van der Waals surface area contributed by atoms with Crippen molar-refractivity contribution in [1.82, 2.24) is 0 Å². The minimum absolute atomic E-state index is 0. The summed E-state index contributed by atoms with van der Waals surface area (Å²) in [5, 5.41) is 0.582. The molecule has 0 aliphatic heterocycles. The summed E-state index contributed by atoms with van der Waals surface area (Å²) in [5.74, 6) is 0.156. The maximum absolute atomic E-state index is 10.3. The molecule has 0 saturated heterocycles. The predicted octanol–water partition coefficient (Wildman–Crippen LogP) is -4.61. The molecular formula is C7H6ClNa2O3S2+. The van der Waals surface area contributed by atoms with Crippen molar-refractivity contribution in [2.24, 2.45) is 0 Å². The summed E-state index contributed by atoms with van der Waals surface area (Å²) in [4.78, 5) is 0. The van der Waals surface area contributed by atoms with Crippen molar-refractivity contribution in [2.45, 2.75) is 5.75 Å². The summed E-state index contributed by atoms with van der Waals surface area (Å²) in [7, 11) is -3.83. The SMILES string of the molecule is O=S([O-])([O-])=[S+]Cc1ccc(Cl)cc1.[Na+].[Na+]. The zero-order valence-corrected chi connectivity index (χ0v) is 14.8. The Balaban J connectivity index is 0. The number of rotatable bonds is 2. The van der Waals surface area contributed by atoms with Crippen LogP contribution in [0.15, 0.2) is 24.3 Å². The van der Waals surface area contributed by atoms with Crippen LogP contribution in [0, 0.1) is 0 Å².